The number of nitrogens with one attached hydrogen (secondary N) is 2. The van der Waals surface area contributed by atoms with Gasteiger partial charge in [0.05, 0.1) is 11.0 Å². The van der Waals surface area contributed by atoms with E-state index in [1.807, 2.05) is 0 Å². The predicted octanol–water partition coefficient (Wildman–Crippen LogP) is 2.21. The van der Waals surface area contributed by atoms with Crippen LogP contribution in [0.25, 0.3) is 0 Å². The van der Waals surface area contributed by atoms with Gasteiger partial charge in [-0.1, -0.05) is 20.3 Å². The lowest BCUT2D eigenvalue weighted by molar-refractivity contribution is -0.135. The van der Waals surface area contributed by atoms with Crippen LogP contribution in [0.15, 0.2) is 0 Å². The van der Waals surface area contributed by atoms with Crippen LogP contribution in [0.5, 0.6) is 0 Å². The van der Waals surface area contributed by atoms with Crippen molar-refractivity contribution in [2.75, 3.05) is 19.6 Å². The van der Waals surface area contributed by atoms with Crippen LogP contribution in [-0.4, -0.2) is 36.2 Å². The Kier molecular flexibility index (Phi) is 5.67. The number of piperidine rings is 1. The van der Waals surface area contributed by atoms with Gasteiger partial charge in [-0.3, -0.25) is 4.79 Å². The number of amides is 1. The fourth-order valence-electron chi connectivity index (χ4n) is 3.88. The topological polar surface area (TPSA) is 61.4 Å². The molecule has 1 saturated heterocycles. The number of hydrogen-bond donors (Lipinski definition) is 3. The van der Waals surface area contributed by atoms with Crippen LogP contribution < -0.4 is 10.6 Å². The SMILES string of the molecule is CCCC1(C(=O)NCC2(O)CCC(C)CC2)CCNCC1. The smallest absolute Gasteiger partial charge is 0.226 e. The molecule has 1 heterocycles. The molecule has 1 aliphatic heterocycles. The average molecular weight is 296 g/mol. The molecule has 21 heavy (non-hydrogen) atoms. The number of rotatable bonds is 5. The van der Waals surface area contributed by atoms with Crippen molar-refractivity contribution in [2.24, 2.45) is 11.3 Å². The Morgan fingerprint density at radius 3 is 2.43 bits per heavy atom. The van der Waals surface area contributed by atoms with Gasteiger partial charge in [0.1, 0.15) is 0 Å². The summed E-state index contributed by atoms with van der Waals surface area (Å²) in [5.74, 6) is 0.870. The molecule has 0 spiro atoms. The first-order valence-corrected chi connectivity index (χ1v) is 8.71. The lowest BCUT2D eigenvalue weighted by Crippen LogP contribution is -2.52. The summed E-state index contributed by atoms with van der Waals surface area (Å²) in [6.07, 6.45) is 7.59. The molecule has 1 aliphatic carbocycles. The molecule has 0 aromatic heterocycles. The second kappa shape index (κ2) is 7.10. The lowest BCUT2D eigenvalue weighted by Gasteiger charge is -2.39. The van der Waals surface area contributed by atoms with Crippen molar-refractivity contribution in [3.8, 4) is 0 Å². The van der Waals surface area contributed by atoms with Crippen molar-refractivity contribution >= 4 is 5.91 Å². The predicted molar refractivity (Wildman–Crippen MR) is 85.0 cm³/mol. The summed E-state index contributed by atoms with van der Waals surface area (Å²) >= 11 is 0. The van der Waals surface area contributed by atoms with Crippen molar-refractivity contribution < 1.29 is 9.90 Å². The van der Waals surface area contributed by atoms with Crippen LogP contribution in [0.3, 0.4) is 0 Å². The summed E-state index contributed by atoms with van der Waals surface area (Å²) in [4.78, 5) is 12.7. The van der Waals surface area contributed by atoms with Crippen molar-refractivity contribution in [3.63, 3.8) is 0 Å². The van der Waals surface area contributed by atoms with Crippen molar-refractivity contribution in [3.05, 3.63) is 0 Å². The van der Waals surface area contributed by atoms with Gasteiger partial charge in [0, 0.05) is 6.54 Å². The van der Waals surface area contributed by atoms with Gasteiger partial charge < -0.3 is 15.7 Å². The van der Waals surface area contributed by atoms with E-state index in [9.17, 15) is 9.90 Å². The van der Waals surface area contributed by atoms with Crippen LogP contribution in [0, 0.1) is 11.3 Å². The van der Waals surface area contributed by atoms with E-state index in [0.717, 1.165) is 64.5 Å². The third-order valence-corrected chi connectivity index (χ3v) is 5.55. The first-order valence-electron chi connectivity index (χ1n) is 8.71. The molecule has 122 valence electrons. The number of hydrogen-bond acceptors (Lipinski definition) is 3. The Morgan fingerprint density at radius 2 is 1.86 bits per heavy atom. The Morgan fingerprint density at radius 1 is 1.24 bits per heavy atom. The van der Waals surface area contributed by atoms with Gasteiger partial charge in [-0.05, 0) is 64.0 Å². The minimum atomic E-state index is -0.678. The van der Waals surface area contributed by atoms with E-state index in [4.69, 9.17) is 0 Å². The van der Waals surface area contributed by atoms with Gasteiger partial charge in [0.15, 0.2) is 0 Å². The molecule has 0 radical (unpaired) electrons. The Hall–Kier alpha value is -0.610. The first kappa shape index (κ1) is 16.8. The molecule has 0 bridgehead atoms. The highest BCUT2D eigenvalue weighted by Crippen LogP contribution is 2.35. The van der Waals surface area contributed by atoms with E-state index in [1.54, 1.807) is 0 Å². The second-order valence-electron chi connectivity index (χ2n) is 7.37. The molecule has 4 heteroatoms. The lowest BCUT2D eigenvalue weighted by atomic mass is 9.74. The van der Waals surface area contributed by atoms with E-state index >= 15 is 0 Å². The van der Waals surface area contributed by atoms with Crippen molar-refractivity contribution in [1.82, 2.24) is 10.6 Å². The van der Waals surface area contributed by atoms with Crippen LogP contribution in [0.1, 0.15) is 65.2 Å². The zero-order chi connectivity index (χ0) is 15.3. The summed E-state index contributed by atoms with van der Waals surface area (Å²) in [7, 11) is 0. The maximum atomic E-state index is 12.7. The standard InChI is InChI=1S/C17H32N2O2/c1-3-6-16(9-11-18-12-10-16)15(20)19-13-17(21)7-4-14(2)5-8-17/h14,18,21H,3-13H2,1-2H3,(H,19,20). The highest BCUT2D eigenvalue weighted by molar-refractivity contribution is 5.82. The van der Waals surface area contributed by atoms with Gasteiger partial charge in [-0.15, -0.1) is 0 Å². The molecule has 1 saturated carbocycles. The molecule has 2 aliphatic rings. The molecular weight excluding hydrogens is 264 g/mol. The molecule has 0 aromatic rings. The largest absolute Gasteiger partial charge is 0.388 e. The maximum absolute atomic E-state index is 12.7. The van der Waals surface area contributed by atoms with E-state index < -0.39 is 5.60 Å². The monoisotopic (exact) mass is 296 g/mol. The Labute approximate surface area is 129 Å². The molecule has 0 unspecified atom stereocenters. The number of aliphatic hydroxyl groups is 1. The zero-order valence-corrected chi connectivity index (χ0v) is 13.7. The third kappa shape index (κ3) is 4.19. The summed E-state index contributed by atoms with van der Waals surface area (Å²) < 4.78 is 0. The van der Waals surface area contributed by atoms with E-state index in [2.05, 4.69) is 24.5 Å². The quantitative estimate of drug-likeness (QED) is 0.729. The van der Waals surface area contributed by atoms with Crippen LogP contribution in [0.4, 0.5) is 0 Å². The average Bonchev–Trinajstić information content (AvgIpc) is 2.49. The van der Waals surface area contributed by atoms with E-state index in [0.29, 0.717) is 12.5 Å². The second-order valence-corrected chi connectivity index (χ2v) is 7.37. The van der Waals surface area contributed by atoms with Crippen molar-refractivity contribution in [2.45, 2.75) is 70.8 Å². The number of carbonyl (C=O) groups is 1. The zero-order valence-electron chi connectivity index (χ0n) is 13.7. The van der Waals surface area contributed by atoms with Gasteiger partial charge in [0.25, 0.3) is 0 Å². The Balaban J connectivity index is 1.90. The minimum absolute atomic E-state index is 0.165. The highest BCUT2D eigenvalue weighted by atomic mass is 16.3. The summed E-state index contributed by atoms with van der Waals surface area (Å²) in [5, 5.41) is 17.1. The van der Waals surface area contributed by atoms with Crippen LogP contribution in [-0.2, 0) is 4.79 Å². The Bertz CT molecular complexity index is 337. The molecule has 0 atom stereocenters. The number of carbonyl (C=O) groups excluding carboxylic acids is 1. The molecule has 2 fully saturated rings. The van der Waals surface area contributed by atoms with Crippen molar-refractivity contribution in [1.29, 1.82) is 0 Å². The fourth-order valence-corrected chi connectivity index (χ4v) is 3.88. The normalized spacial score (nSPS) is 32.6. The maximum Gasteiger partial charge on any atom is 0.226 e. The van der Waals surface area contributed by atoms with Gasteiger partial charge >= 0.3 is 0 Å². The van der Waals surface area contributed by atoms with Gasteiger partial charge in [0.2, 0.25) is 5.91 Å². The van der Waals surface area contributed by atoms with E-state index in [-0.39, 0.29) is 11.3 Å². The van der Waals surface area contributed by atoms with Gasteiger partial charge in [-0.2, -0.15) is 0 Å². The van der Waals surface area contributed by atoms with E-state index in [1.165, 1.54) is 0 Å². The summed E-state index contributed by atoms with van der Waals surface area (Å²) in [6, 6.07) is 0. The molecule has 2 rings (SSSR count). The van der Waals surface area contributed by atoms with Crippen LogP contribution >= 0.6 is 0 Å². The van der Waals surface area contributed by atoms with Gasteiger partial charge in [-0.25, -0.2) is 0 Å². The highest BCUT2D eigenvalue weighted by Gasteiger charge is 2.40. The molecule has 4 nitrogen and oxygen atoms in total. The minimum Gasteiger partial charge on any atom is -0.388 e. The summed E-state index contributed by atoms with van der Waals surface area (Å²) in [6.45, 7) is 6.67. The molecule has 3 N–H and O–H groups in total. The van der Waals surface area contributed by atoms with Crippen LogP contribution in [0.2, 0.25) is 0 Å². The first-order chi connectivity index (χ1) is 10.00. The molecule has 0 aromatic carbocycles. The third-order valence-electron chi connectivity index (χ3n) is 5.55. The fraction of sp³-hybridized carbons (Fsp3) is 0.941. The molecule has 1 amide bonds. The molecular formula is C17H32N2O2. The summed E-state index contributed by atoms with van der Waals surface area (Å²) in [5.41, 5.74) is -0.888.